The van der Waals surface area contributed by atoms with Crippen LogP contribution >= 0.6 is 0 Å². The number of aldehydes is 4. The Labute approximate surface area is 120 Å². The first-order valence-corrected chi connectivity index (χ1v) is 7.04. The van der Waals surface area contributed by atoms with Crippen LogP contribution in [0.5, 0.6) is 0 Å². The van der Waals surface area contributed by atoms with Crippen LogP contribution in [-0.2, 0) is 24.0 Å². The summed E-state index contributed by atoms with van der Waals surface area (Å²) in [6, 6.07) is 0. The molecular weight excluding hydrogens is 276 g/mol. The van der Waals surface area contributed by atoms with Gasteiger partial charge >= 0.3 is 5.97 Å². The number of hydrogen-bond acceptors (Lipinski definition) is 5. The minimum atomic E-state index is -1.85. The van der Waals surface area contributed by atoms with E-state index in [-0.39, 0.29) is 24.7 Å². The second kappa shape index (κ2) is 4.08. The normalized spacial score (nSPS) is 45.8. The van der Waals surface area contributed by atoms with Crippen LogP contribution in [0.4, 0.5) is 0 Å². The average molecular weight is 292 g/mol. The van der Waals surface area contributed by atoms with Crippen molar-refractivity contribution in [3.8, 4) is 0 Å². The Bertz CT molecular complexity index is 546. The third kappa shape index (κ3) is 1.27. The van der Waals surface area contributed by atoms with Gasteiger partial charge in [-0.2, -0.15) is 0 Å². The molecule has 6 nitrogen and oxygen atoms in total. The van der Waals surface area contributed by atoms with E-state index in [2.05, 4.69) is 0 Å². The molecule has 6 heteroatoms. The van der Waals surface area contributed by atoms with Crippen molar-refractivity contribution in [2.24, 2.45) is 34.0 Å². The molecule has 4 aliphatic rings. The van der Waals surface area contributed by atoms with E-state index in [0.717, 1.165) is 0 Å². The maximum Gasteiger partial charge on any atom is 0.307 e. The number of hydrogen-bond donors (Lipinski definition) is 1. The van der Waals surface area contributed by atoms with E-state index in [1.54, 1.807) is 0 Å². The SMILES string of the molecule is O=CC12CC3CC(C1)C(C(=O)O)C(C=O)(C3)C2(C=O)C=O. The zero-order chi connectivity index (χ0) is 15.5. The van der Waals surface area contributed by atoms with Crippen molar-refractivity contribution in [2.45, 2.75) is 25.7 Å². The zero-order valence-corrected chi connectivity index (χ0v) is 11.4. The minimum absolute atomic E-state index is 0.0165. The second-order valence-electron chi connectivity index (χ2n) is 6.83. The fourth-order valence-corrected chi connectivity index (χ4v) is 5.64. The molecule has 4 saturated carbocycles. The summed E-state index contributed by atoms with van der Waals surface area (Å²) in [5.74, 6) is -2.56. The number of carboxylic acids is 1. The summed E-state index contributed by atoms with van der Waals surface area (Å²) >= 11 is 0. The molecule has 0 aromatic carbocycles. The molecule has 0 aromatic rings. The van der Waals surface area contributed by atoms with E-state index >= 15 is 0 Å². The summed E-state index contributed by atoms with van der Waals surface area (Å²) in [6.07, 6.45) is 3.19. The van der Waals surface area contributed by atoms with Crippen LogP contribution in [-0.4, -0.2) is 36.2 Å². The molecule has 0 radical (unpaired) electrons. The van der Waals surface area contributed by atoms with Gasteiger partial charge < -0.3 is 24.3 Å². The Morgan fingerprint density at radius 1 is 0.952 bits per heavy atom. The number of rotatable bonds is 5. The Hall–Kier alpha value is -1.85. The third-order valence-corrected chi connectivity index (χ3v) is 6.24. The summed E-state index contributed by atoms with van der Waals surface area (Å²) in [6.45, 7) is 0. The van der Waals surface area contributed by atoms with Crippen molar-refractivity contribution < 1.29 is 29.1 Å². The molecule has 0 saturated heterocycles. The lowest BCUT2D eigenvalue weighted by molar-refractivity contribution is -0.223. The molecular formula is C15H16O6. The van der Waals surface area contributed by atoms with Gasteiger partial charge in [-0.05, 0) is 37.5 Å². The first kappa shape index (κ1) is 14.1. The van der Waals surface area contributed by atoms with Crippen molar-refractivity contribution in [1.82, 2.24) is 0 Å². The summed E-state index contributed by atoms with van der Waals surface area (Å²) < 4.78 is 0. The largest absolute Gasteiger partial charge is 0.481 e. The van der Waals surface area contributed by atoms with E-state index in [1.807, 2.05) is 0 Å². The lowest BCUT2D eigenvalue weighted by Crippen LogP contribution is -2.73. The lowest BCUT2D eigenvalue weighted by atomic mass is 9.31. The van der Waals surface area contributed by atoms with Crippen molar-refractivity contribution in [1.29, 1.82) is 0 Å². The van der Waals surface area contributed by atoms with Gasteiger partial charge in [0.05, 0.1) is 11.3 Å². The Morgan fingerprint density at radius 2 is 1.62 bits per heavy atom. The topological polar surface area (TPSA) is 106 Å². The molecule has 21 heavy (non-hydrogen) atoms. The monoisotopic (exact) mass is 292 g/mol. The number of carbonyl (C=O) groups is 5. The highest BCUT2D eigenvalue weighted by Crippen LogP contribution is 2.73. The molecule has 5 atom stereocenters. The minimum Gasteiger partial charge on any atom is -0.481 e. The van der Waals surface area contributed by atoms with Crippen molar-refractivity contribution >= 4 is 31.1 Å². The van der Waals surface area contributed by atoms with Gasteiger partial charge in [0.2, 0.25) is 0 Å². The maximum atomic E-state index is 11.9. The number of carboxylic acid groups (broad SMARTS) is 1. The fourth-order valence-electron chi connectivity index (χ4n) is 5.64. The fraction of sp³-hybridized carbons (Fsp3) is 0.667. The predicted octanol–water partition coefficient (Wildman–Crippen LogP) is 0.276. The Balaban J connectivity index is 2.32. The predicted molar refractivity (Wildman–Crippen MR) is 68.1 cm³/mol. The van der Waals surface area contributed by atoms with Crippen LogP contribution < -0.4 is 0 Å². The summed E-state index contributed by atoms with van der Waals surface area (Å²) in [5.41, 5.74) is -4.66. The highest BCUT2D eigenvalue weighted by atomic mass is 16.4. The van der Waals surface area contributed by atoms with Crippen LogP contribution in [0.2, 0.25) is 0 Å². The molecule has 4 rings (SSSR count). The highest BCUT2D eigenvalue weighted by molar-refractivity contribution is 5.99. The molecule has 0 spiro atoms. The van der Waals surface area contributed by atoms with E-state index in [1.165, 1.54) is 0 Å². The first-order valence-electron chi connectivity index (χ1n) is 7.04. The van der Waals surface area contributed by atoms with Gasteiger partial charge in [0.15, 0.2) is 0 Å². The smallest absolute Gasteiger partial charge is 0.307 e. The van der Waals surface area contributed by atoms with E-state index < -0.39 is 28.1 Å². The van der Waals surface area contributed by atoms with Gasteiger partial charge in [-0.15, -0.1) is 0 Å². The van der Waals surface area contributed by atoms with Gasteiger partial charge in [-0.25, -0.2) is 0 Å². The second-order valence-corrected chi connectivity index (χ2v) is 6.83. The lowest BCUT2D eigenvalue weighted by Gasteiger charge is -2.67. The van der Waals surface area contributed by atoms with E-state index in [4.69, 9.17) is 0 Å². The van der Waals surface area contributed by atoms with Crippen molar-refractivity contribution in [3.05, 3.63) is 0 Å². The Morgan fingerprint density at radius 3 is 2.10 bits per heavy atom. The van der Waals surface area contributed by atoms with E-state index in [0.29, 0.717) is 38.0 Å². The molecule has 4 bridgehead atoms. The van der Waals surface area contributed by atoms with Gasteiger partial charge in [-0.1, -0.05) is 0 Å². The highest BCUT2D eigenvalue weighted by Gasteiger charge is 2.77. The van der Waals surface area contributed by atoms with Crippen LogP contribution in [0.3, 0.4) is 0 Å². The van der Waals surface area contributed by atoms with Gasteiger partial charge in [-0.3, -0.25) is 4.79 Å². The molecule has 0 aromatic heterocycles. The molecule has 1 N–H and O–H groups in total. The van der Waals surface area contributed by atoms with Gasteiger partial charge in [0.25, 0.3) is 0 Å². The summed E-state index contributed by atoms with van der Waals surface area (Å²) in [7, 11) is 0. The maximum absolute atomic E-state index is 11.9. The molecule has 4 fully saturated rings. The van der Waals surface area contributed by atoms with Crippen LogP contribution in [0, 0.1) is 34.0 Å². The summed E-state index contributed by atoms with van der Waals surface area (Å²) in [4.78, 5) is 58.9. The first-order chi connectivity index (χ1) is 9.95. The molecule has 0 heterocycles. The molecule has 112 valence electrons. The summed E-state index contributed by atoms with van der Waals surface area (Å²) in [5, 5.41) is 9.54. The van der Waals surface area contributed by atoms with Crippen LogP contribution in [0.1, 0.15) is 25.7 Å². The molecule has 5 unspecified atom stereocenters. The van der Waals surface area contributed by atoms with Crippen LogP contribution in [0.15, 0.2) is 0 Å². The molecule has 0 amide bonds. The Kier molecular flexibility index (Phi) is 2.74. The quantitative estimate of drug-likeness (QED) is 0.576. The molecule has 0 aliphatic heterocycles. The average Bonchev–Trinajstić information content (AvgIpc) is 2.47. The number of carbonyl (C=O) groups excluding carboxylic acids is 4. The van der Waals surface area contributed by atoms with Crippen LogP contribution in [0.25, 0.3) is 0 Å². The van der Waals surface area contributed by atoms with Gasteiger partial charge in [0.1, 0.15) is 30.6 Å². The zero-order valence-electron chi connectivity index (χ0n) is 11.4. The van der Waals surface area contributed by atoms with Gasteiger partial charge in [0, 0.05) is 5.41 Å². The van der Waals surface area contributed by atoms with Crippen molar-refractivity contribution in [2.75, 3.05) is 0 Å². The third-order valence-electron chi connectivity index (χ3n) is 6.24. The standard InChI is InChI=1S/C15H16O6/c16-5-13-2-9-1-10(4-13)11(12(20)21)14(3-9,6-17)15(13,7-18)8-19/h5-11H,1-4H2,(H,20,21). The van der Waals surface area contributed by atoms with Crippen molar-refractivity contribution in [3.63, 3.8) is 0 Å². The number of aliphatic carboxylic acids is 1. The molecule has 4 aliphatic carbocycles. The van der Waals surface area contributed by atoms with E-state index in [9.17, 15) is 29.1 Å².